The van der Waals surface area contributed by atoms with Gasteiger partial charge < -0.3 is 10.6 Å². The van der Waals surface area contributed by atoms with Gasteiger partial charge in [-0.3, -0.25) is 9.59 Å². The number of nitrogens with one attached hydrogen (secondary N) is 2. The van der Waals surface area contributed by atoms with Crippen LogP contribution in [0.1, 0.15) is 39.3 Å². The lowest BCUT2D eigenvalue weighted by Crippen LogP contribution is -2.37. The van der Waals surface area contributed by atoms with E-state index in [1.54, 1.807) is 17.4 Å². The van der Waals surface area contributed by atoms with E-state index in [9.17, 15) is 9.59 Å². The van der Waals surface area contributed by atoms with Crippen molar-refractivity contribution in [3.63, 3.8) is 0 Å². The minimum absolute atomic E-state index is 0.0263. The minimum Gasteiger partial charge on any atom is -0.347 e. The van der Waals surface area contributed by atoms with E-state index in [0.29, 0.717) is 5.56 Å². The van der Waals surface area contributed by atoms with E-state index < -0.39 is 0 Å². The molecule has 0 aliphatic rings. The van der Waals surface area contributed by atoms with Crippen LogP contribution in [-0.4, -0.2) is 18.4 Å². The predicted octanol–water partition coefficient (Wildman–Crippen LogP) is 2.97. The summed E-state index contributed by atoms with van der Waals surface area (Å²) in [5.74, 6) is -0.430. The van der Waals surface area contributed by atoms with Crippen molar-refractivity contribution < 1.29 is 9.59 Å². The normalized spacial score (nSPS) is 11.8. The molecule has 0 aliphatic carbocycles. The largest absolute Gasteiger partial charge is 0.347 e. The molecule has 0 fully saturated rings. The Labute approximate surface area is 134 Å². The van der Waals surface area contributed by atoms with E-state index in [1.165, 1.54) is 0 Å². The molecular formula is C17H20N2O2S. The fourth-order valence-electron chi connectivity index (χ4n) is 2.05. The monoisotopic (exact) mass is 316 g/mol. The van der Waals surface area contributed by atoms with Gasteiger partial charge in [-0.2, -0.15) is 0 Å². The molecule has 5 heteroatoms. The summed E-state index contributed by atoms with van der Waals surface area (Å²) in [5, 5.41) is 7.49. The average molecular weight is 316 g/mol. The van der Waals surface area contributed by atoms with E-state index in [0.717, 1.165) is 16.0 Å². The van der Waals surface area contributed by atoms with Gasteiger partial charge in [-0.05, 0) is 55.5 Å². The maximum absolute atomic E-state index is 12.0. The maximum atomic E-state index is 12.0. The topological polar surface area (TPSA) is 58.2 Å². The summed E-state index contributed by atoms with van der Waals surface area (Å²) in [4.78, 5) is 25.0. The van der Waals surface area contributed by atoms with Crippen LogP contribution in [0, 0.1) is 13.8 Å². The lowest BCUT2D eigenvalue weighted by atomic mass is 10.1. The molecular weight excluding hydrogens is 296 g/mol. The van der Waals surface area contributed by atoms with Crippen molar-refractivity contribution >= 4 is 23.2 Å². The standard InChI is InChI=1S/C17H20N2O2S/c1-11-6-7-14(9-12(11)2)17(21)18-10-16(20)19-13(3)15-5-4-8-22-15/h4-9,13H,10H2,1-3H3,(H,18,21)(H,19,20)/t13-/m1/s1. The second-order valence-electron chi connectivity index (χ2n) is 5.29. The van der Waals surface area contributed by atoms with Crippen LogP contribution in [0.15, 0.2) is 35.7 Å². The molecule has 0 unspecified atom stereocenters. The van der Waals surface area contributed by atoms with Gasteiger partial charge in [-0.1, -0.05) is 12.1 Å². The second kappa shape index (κ2) is 7.22. The first-order valence-electron chi connectivity index (χ1n) is 7.15. The van der Waals surface area contributed by atoms with Crippen molar-refractivity contribution in [3.05, 3.63) is 57.3 Å². The Hall–Kier alpha value is -2.14. The molecule has 0 bridgehead atoms. The van der Waals surface area contributed by atoms with Crippen molar-refractivity contribution in [2.24, 2.45) is 0 Å². The number of aryl methyl sites for hydroxylation is 2. The third kappa shape index (κ3) is 4.18. The molecule has 1 aromatic carbocycles. The number of hydrogen-bond acceptors (Lipinski definition) is 3. The zero-order valence-corrected chi connectivity index (χ0v) is 13.8. The predicted molar refractivity (Wildman–Crippen MR) is 89.1 cm³/mol. The van der Waals surface area contributed by atoms with Crippen molar-refractivity contribution in [1.29, 1.82) is 0 Å². The molecule has 116 valence electrons. The number of hydrogen-bond donors (Lipinski definition) is 2. The molecule has 1 aromatic heterocycles. The zero-order chi connectivity index (χ0) is 16.1. The van der Waals surface area contributed by atoms with E-state index >= 15 is 0 Å². The third-order valence-corrected chi connectivity index (χ3v) is 4.58. The van der Waals surface area contributed by atoms with Crippen LogP contribution in [0.3, 0.4) is 0 Å². The Morgan fingerprint density at radius 1 is 1.18 bits per heavy atom. The summed E-state index contributed by atoms with van der Waals surface area (Å²) in [6, 6.07) is 9.38. The molecule has 0 spiro atoms. The van der Waals surface area contributed by atoms with Crippen LogP contribution in [0.2, 0.25) is 0 Å². The number of amides is 2. The van der Waals surface area contributed by atoms with Crippen LogP contribution in [0.25, 0.3) is 0 Å². The van der Waals surface area contributed by atoms with Gasteiger partial charge in [0.2, 0.25) is 5.91 Å². The SMILES string of the molecule is Cc1ccc(C(=O)NCC(=O)N[C@H](C)c2cccs2)cc1C. The van der Waals surface area contributed by atoms with Gasteiger partial charge in [0.15, 0.2) is 0 Å². The third-order valence-electron chi connectivity index (χ3n) is 3.53. The first-order chi connectivity index (χ1) is 10.5. The summed E-state index contributed by atoms with van der Waals surface area (Å²) in [6.45, 7) is 5.86. The Bertz CT molecular complexity index is 665. The van der Waals surface area contributed by atoms with Gasteiger partial charge in [-0.15, -0.1) is 11.3 Å². The van der Waals surface area contributed by atoms with E-state index in [-0.39, 0.29) is 24.4 Å². The smallest absolute Gasteiger partial charge is 0.251 e. The molecule has 1 atom stereocenters. The molecule has 2 N–H and O–H groups in total. The first kappa shape index (κ1) is 16.2. The van der Waals surface area contributed by atoms with E-state index in [2.05, 4.69) is 10.6 Å². The summed E-state index contributed by atoms with van der Waals surface area (Å²) in [5.41, 5.74) is 2.77. The highest BCUT2D eigenvalue weighted by Crippen LogP contribution is 2.17. The van der Waals surface area contributed by atoms with Crippen LogP contribution in [-0.2, 0) is 4.79 Å². The summed E-state index contributed by atoms with van der Waals surface area (Å²) >= 11 is 1.60. The highest BCUT2D eigenvalue weighted by atomic mass is 32.1. The second-order valence-corrected chi connectivity index (χ2v) is 6.27. The zero-order valence-electron chi connectivity index (χ0n) is 13.0. The molecule has 2 aromatic rings. The number of rotatable bonds is 5. The Kier molecular flexibility index (Phi) is 5.33. The van der Waals surface area contributed by atoms with Gasteiger partial charge in [0.05, 0.1) is 12.6 Å². The minimum atomic E-state index is -0.234. The molecule has 22 heavy (non-hydrogen) atoms. The van der Waals surface area contributed by atoms with Crippen molar-refractivity contribution in [3.8, 4) is 0 Å². The van der Waals surface area contributed by atoms with Crippen LogP contribution < -0.4 is 10.6 Å². The first-order valence-corrected chi connectivity index (χ1v) is 8.03. The lowest BCUT2D eigenvalue weighted by molar-refractivity contribution is -0.120. The fraction of sp³-hybridized carbons (Fsp3) is 0.294. The lowest BCUT2D eigenvalue weighted by Gasteiger charge is -2.13. The van der Waals surface area contributed by atoms with Gasteiger partial charge in [-0.25, -0.2) is 0 Å². The quantitative estimate of drug-likeness (QED) is 0.891. The molecule has 0 aliphatic heterocycles. The van der Waals surface area contributed by atoms with Crippen molar-refractivity contribution in [1.82, 2.24) is 10.6 Å². The summed E-state index contributed by atoms with van der Waals surface area (Å²) < 4.78 is 0. The molecule has 4 nitrogen and oxygen atoms in total. The molecule has 0 saturated heterocycles. The highest BCUT2D eigenvalue weighted by Gasteiger charge is 2.12. The summed E-state index contributed by atoms with van der Waals surface area (Å²) in [7, 11) is 0. The van der Waals surface area contributed by atoms with Crippen molar-refractivity contribution in [2.45, 2.75) is 26.8 Å². The molecule has 2 amide bonds. The number of benzene rings is 1. The van der Waals surface area contributed by atoms with Gasteiger partial charge in [0.1, 0.15) is 0 Å². The van der Waals surface area contributed by atoms with Gasteiger partial charge in [0, 0.05) is 10.4 Å². The number of thiophene rings is 1. The molecule has 0 radical (unpaired) electrons. The molecule has 0 saturated carbocycles. The molecule has 2 rings (SSSR count). The van der Waals surface area contributed by atoms with Gasteiger partial charge in [0.25, 0.3) is 5.91 Å². The maximum Gasteiger partial charge on any atom is 0.251 e. The Morgan fingerprint density at radius 2 is 1.95 bits per heavy atom. The summed E-state index contributed by atoms with van der Waals surface area (Å²) in [6.07, 6.45) is 0. The Balaban J connectivity index is 1.85. The van der Waals surface area contributed by atoms with Crippen LogP contribution >= 0.6 is 11.3 Å². The van der Waals surface area contributed by atoms with Gasteiger partial charge >= 0.3 is 0 Å². The molecule has 1 heterocycles. The number of carbonyl (C=O) groups excluding carboxylic acids is 2. The highest BCUT2D eigenvalue weighted by molar-refractivity contribution is 7.10. The van der Waals surface area contributed by atoms with Crippen LogP contribution in [0.5, 0.6) is 0 Å². The number of carbonyl (C=O) groups is 2. The Morgan fingerprint density at radius 3 is 2.59 bits per heavy atom. The van der Waals surface area contributed by atoms with Crippen LogP contribution in [0.4, 0.5) is 0 Å². The van der Waals surface area contributed by atoms with E-state index in [4.69, 9.17) is 0 Å². The fourth-order valence-corrected chi connectivity index (χ4v) is 2.78. The average Bonchev–Trinajstić information content (AvgIpc) is 3.02. The van der Waals surface area contributed by atoms with Crippen molar-refractivity contribution in [2.75, 3.05) is 6.54 Å². The van der Waals surface area contributed by atoms with E-state index in [1.807, 2.05) is 50.4 Å².